The van der Waals surface area contributed by atoms with Crippen LogP contribution >= 0.6 is 0 Å². The number of nitriles is 1. The van der Waals surface area contributed by atoms with Gasteiger partial charge in [0.25, 0.3) is 0 Å². The van der Waals surface area contributed by atoms with E-state index in [0.717, 1.165) is 6.42 Å². The van der Waals surface area contributed by atoms with Crippen LogP contribution < -0.4 is 10.6 Å². The minimum atomic E-state index is -1.21. The zero-order valence-corrected chi connectivity index (χ0v) is 13.6. The summed E-state index contributed by atoms with van der Waals surface area (Å²) < 4.78 is 0. The molecule has 0 radical (unpaired) electrons. The topological polar surface area (TPSA) is 82.0 Å². The molecular weight excluding hydrogens is 278 g/mol. The summed E-state index contributed by atoms with van der Waals surface area (Å²) in [5.41, 5.74) is -0.426. The quantitative estimate of drug-likeness (QED) is 0.792. The van der Waals surface area contributed by atoms with Gasteiger partial charge in [0.2, 0.25) is 11.8 Å². The molecule has 1 rings (SSSR count). The van der Waals surface area contributed by atoms with Crippen molar-refractivity contribution in [1.82, 2.24) is 5.32 Å². The van der Waals surface area contributed by atoms with Crippen LogP contribution in [0.4, 0.5) is 5.69 Å². The van der Waals surface area contributed by atoms with E-state index in [4.69, 9.17) is 5.26 Å². The van der Waals surface area contributed by atoms with Crippen LogP contribution in [0.5, 0.6) is 0 Å². The van der Waals surface area contributed by atoms with Gasteiger partial charge in [0.15, 0.2) is 0 Å². The first-order chi connectivity index (χ1) is 10.3. The van der Waals surface area contributed by atoms with Gasteiger partial charge in [-0.1, -0.05) is 26.0 Å². The third kappa shape index (κ3) is 4.59. The third-order valence-electron chi connectivity index (χ3n) is 3.44. The average Bonchev–Trinajstić information content (AvgIpc) is 2.47. The SMILES string of the molecule is CC(C)CCNC(=O)C(C)(C)C(=O)Nc1ccccc1C#N. The van der Waals surface area contributed by atoms with E-state index in [-0.39, 0.29) is 5.91 Å². The van der Waals surface area contributed by atoms with Crippen LogP contribution in [-0.2, 0) is 9.59 Å². The number of hydrogen-bond acceptors (Lipinski definition) is 3. The van der Waals surface area contributed by atoms with Crippen molar-refractivity contribution in [2.75, 3.05) is 11.9 Å². The summed E-state index contributed by atoms with van der Waals surface area (Å²) in [6.45, 7) is 7.83. The number of benzene rings is 1. The molecular formula is C17H23N3O2. The third-order valence-corrected chi connectivity index (χ3v) is 3.44. The molecule has 5 heteroatoms. The van der Waals surface area contributed by atoms with Crippen LogP contribution in [0.3, 0.4) is 0 Å². The lowest BCUT2D eigenvalue weighted by molar-refractivity contribution is -0.138. The van der Waals surface area contributed by atoms with E-state index in [1.54, 1.807) is 38.1 Å². The van der Waals surface area contributed by atoms with E-state index >= 15 is 0 Å². The van der Waals surface area contributed by atoms with Crippen molar-refractivity contribution < 1.29 is 9.59 Å². The predicted molar refractivity (Wildman–Crippen MR) is 86.0 cm³/mol. The van der Waals surface area contributed by atoms with Gasteiger partial charge in [-0.15, -0.1) is 0 Å². The molecule has 0 aromatic heterocycles. The maximum absolute atomic E-state index is 12.4. The molecule has 0 bridgehead atoms. The number of nitrogens with zero attached hydrogens (tertiary/aromatic N) is 1. The fourth-order valence-corrected chi connectivity index (χ4v) is 1.77. The van der Waals surface area contributed by atoms with Crippen molar-refractivity contribution in [1.29, 1.82) is 5.26 Å². The molecule has 0 heterocycles. The number of amides is 2. The number of carbonyl (C=O) groups excluding carboxylic acids is 2. The van der Waals surface area contributed by atoms with Crippen molar-refractivity contribution >= 4 is 17.5 Å². The minimum absolute atomic E-state index is 0.319. The molecule has 118 valence electrons. The summed E-state index contributed by atoms with van der Waals surface area (Å²) >= 11 is 0. The molecule has 2 N–H and O–H groups in total. The van der Waals surface area contributed by atoms with Crippen molar-refractivity contribution in [2.45, 2.75) is 34.1 Å². The molecule has 0 spiro atoms. The summed E-state index contributed by atoms with van der Waals surface area (Å²) in [7, 11) is 0. The Hall–Kier alpha value is -2.35. The van der Waals surface area contributed by atoms with Gasteiger partial charge in [-0.05, 0) is 38.3 Å². The van der Waals surface area contributed by atoms with Crippen LogP contribution in [0, 0.1) is 22.7 Å². The predicted octanol–water partition coefficient (Wildman–Crippen LogP) is 2.69. The second-order valence-corrected chi connectivity index (χ2v) is 6.17. The highest BCUT2D eigenvalue weighted by molar-refractivity contribution is 6.10. The van der Waals surface area contributed by atoms with E-state index in [2.05, 4.69) is 24.5 Å². The first kappa shape index (κ1) is 17.7. The largest absolute Gasteiger partial charge is 0.355 e. The molecule has 1 aromatic carbocycles. The Balaban J connectivity index is 2.74. The van der Waals surface area contributed by atoms with Crippen molar-refractivity contribution in [2.24, 2.45) is 11.3 Å². The smallest absolute Gasteiger partial charge is 0.239 e. The zero-order chi connectivity index (χ0) is 16.8. The van der Waals surface area contributed by atoms with Gasteiger partial charge in [-0.2, -0.15) is 5.26 Å². The monoisotopic (exact) mass is 301 g/mol. The average molecular weight is 301 g/mol. The fourth-order valence-electron chi connectivity index (χ4n) is 1.77. The Morgan fingerprint density at radius 2 is 1.86 bits per heavy atom. The lowest BCUT2D eigenvalue weighted by atomic mass is 9.90. The highest BCUT2D eigenvalue weighted by atomic mass is 16.2. The number of hydrogen-bond donors (Lipinski definition) is 2. The van der Waals surface area contributed by atoms with E-state index < -0.39 is 11.3 Å². The Kier molecular flexibility index (Phi) is 6.11. The van der Waals surface area contributed by atoms with Crippen molar-refractivity contribution in [3.63, 3.8) is 0 Å². The lowest BCUT2D eigenvalue weighted by Crippen LogP contribution is -2.45. The number of anilines is 1. The molecule has 0 aliphatic rings. The van der Waals surface area contributed by atoms with E-state index in [1.165, 1.54) is 0 Å². The van der Waals surface area contributed by atoms with Gasteiger partial charge in [-0.25, -0.2) is 0 Å². The highest BCUT2D eigenvalue weighted by Crippen LogP contribution is 2.21. The van der Waals surface area contributed by atoms with Crippen LogP contribution in [0.25, 0.3) is 0 Å². The Bertz CT molecular complexity index is 586. The highest BCUT2D eigenvalue weighted by Gasteiger charge is 2.36. The van der Waals surface area contributed by atoms with Crippen LogP contribution in [0.1, 0.15) is 39.7 Å². The van der Waals surface area contributed by atoms with Crippen molar-refractivity contribution in [3.05, 3.63) is 29.8 Å². The second-order valence-electron chi connectivity index (χ2n) is 6.17. The second kappa shape index (κ2) is 7.60. The zero-order valence-electron chi connectivity index (χ0n) is 13.6. The standard InChI is InChI=1S/C17H23N3O2/c1-12(2)9-10-19-15(21)17(3,4)16(22)20-14-8-6-5-7-13(14)11-18/h5-8,12H,9-10H2,1-4H3,(H,19,21)(H,20,22). The van der Waals surface area contributed by atoms with Gasteiger partial charge in [0.05, 0.1) is 11.3 Å². The Morgan fingerprint density at radius 3 is 2.45 bits per heavy atom. The molecule has 0 atom stereocenters. The molecule has 5 nitrogen and oxygen atoms in total. The molecule has 2 amide bonds. The fraction of sp³-hybridized carbons (Fsp3) is 0.471. The molecule has 0 saturated heterocycles. The molecule has 0 saturated carbocycles. The van der Waals surface area contributed by atoms with Gasteiger partial charge in [-0.3, -0.25) is 9.59 Å². The van der Waals surface area contributed by atoms with Gasteiger partial charge >= 0.3 is 0 Å². The number of nitrogens with one attached hydrogen (secondary N) is 2. The number of rotatable bonds is 6. The first-order valence-electron chi connectivity index (χ1n) is 7.38. The van der Waals surface area contributed by atoms with Crippen LogP contribution in [0.15, 0.2) is 24.3 Å². The molecule has 0 fully saturated rings. The van der Waals surface area contributed by atoms with Crippen LogP contribution in [0.2, 0.25) is 0 Å². The molecule has 1 aromatic rings. The molecule has 0 unspecified atom stereocenters. The van der Waals surface area contributed by atoms with E-state index in [1.807, 2.05) is 6.07 Å². The molecule has 22 heavy (non-hydrogen) atoms. The van der Waals surface area contributed by atoms with Gasteiger partial charge < -0.3 is 10.6 Å². The maximum atomic E-state index is 12.4. The first-order valence-corrected chi connectivity index (χ1v) is 7.38. The molecule has 0 aliphatic heterocycles. The van der Waals surface area contributed by atoms with Gasteiger partial charge in [0.1, 0.15) is 11.5 Å². The Labute approximate surface area is 131 Å². The number of carbonyl (C=O) groups is 2. The summed E-state index contributed by atoms with van der Waals surface area (Å²) in [6.07, 6.45) is 0.862. The van der Waals surface area contributed by atoms with E-state index in [9.17, 15) is 9.59 Å². The Morgan fingerprint density at radius 1 is 1.23 bits per heavy atom. The van der Waals surface area contributed by atoms with Crippen LogP contribution in [-0.4, -0.2) is 18.4 Å². The summed E-state index contributed by atoms with van der Waals surface area (Å²) in [5.74, 6) is -0.267. The maximum Gasteiger partial charge on any atom is 0.239 e. The van der Waals surface area contributed by atoms with Crippen molar-refractivity contribution in [3.8, 4) is 6.07 Å². The molecule has 0 aliphatic carbocycles. The lowest BCUT2D eigenvalue weighted by Gasteiger charge is -2.23. The summed E-state index contributed by atoms with van der Waals surface area (Å²) in [5, 5.41) is 14.5. The van der Waals surface area contributed by atoms with Gasteiger partial charge in [0, 0.05) is 6.54 Å². The van der Waals surface area contributed by atoms with E-state index in [0.29, 0.717) is 23.7 Å². The normalized spacial score (nSPS) is 10.9. The number of para-hydroxylation sites is 1. The summed E-state index contributed by atoms with van der Waals surface area (Å²) in [4.78, 5) is 24.6. The summed E-state index contributed by atoms with van der Waals surface area (Å²) in [6, 6.07) is 8.72. The minimum Gasteiger partial charge on any atom is -0.355 e.